The number of hydrogen-bond acceptors (Lipinski definition) is 3. The number of aromatic nitrogens is 2. The first-order valence-corrected chi connectivity index (χ1v) is 9.38. The largest absolute Gasteiger partial charge is 0.329 e. The smallest absolute Gasteiger partial charge is 0.303 e. The van der Waals surface area contributed by atoms with Crippen molar-refractivity contribution in [3.63, 3.8) is 0 Å². The molecule has 0 bridgehead atoms. The number of benzene rings is 2. The molecule has 2 heterocycles. The molecule has 1 aliphatic rings. The molecule has 0 saturated carbocycles. The number of aromatic amines is 1. The Hall–Kier alpha value is -3.65. The van der Waals surface area contributed by atoms with E-state index in [4.69, 9.17) is 11.6 Å². The molecule has 0 aliphatic carbocycles. The average Bonchev–Trinajstić information content (AvgIpc) is 3.13. The van der Waals surface area contributed by atoms with Crippen molar-refractivity contribution in [2.24, 2.45) is 0 Å². The number of carbonyl (C=O) groups is 2. The summed E-state index contributed by atoms with van der Waals surface area (Å²) >= 11 is 6.00. The molecular formula is C21H16ClFN4O3. The number of rotatable bonds is 4. The number of H-pyrrole nitrogens is 1. The van der Waals surface area contributed by atoms with Crippen LogP contribution in [0.3, 0.4) is 0 Å². The maximum Gasteiger partial charge on any atom is 0.329 e. The molecule has 0 spiro atoms. The van der Waals surface area contributed by atoms with Gasteiger partial charge < -0.3 is 5.32 Å². The van der Waals surface area contributed by atoms with E-state index < -0.39 is 23.3 Å². The standard InChI is InChI=1S/C21H16ClFN4O3/c1-12-17(19(28)27(25-12)16-7-3-5-14(22)9-16)10-18-20(29)26(21(30)24-18)11-13-4-2-6-15(23)8-13/h2-10,25H,11H2,1H3,(H,24,30)/b18-10-. The molecule has 1 fully saturated rings. The van der Waals surface area contributed by atoms with E-state index in [0.29, 0.717) is 22.0 Å². The van der Waals surface area contributed by atoms with E-state index in [9.17, 15) is 18.8 Å². The highest BCUT2D eigenvalue weighted by atomic mass is 35.5. The van der Waals surface area contributed by atoms with E-state index >= 15 is 0 Å². The Morgan fingerprint density at radius 1 is 1.10 bits per heavy atom. The van der Waals surface area contributed by atoms with Crippen molar-refractivity contribution < 1.29 is 14.0 Å². The predicted octanol–water partition coefficient (Wildman–Crippen LogP) is 3.36. The summed E-state index contributed by atoms with van der Waals surface area (Å²) in [5.41, 5.74) is 1.32. The molecule has 4 rings (SSSR count). The van der Waals surface area contributed by atoms with Gasteiger partial charge in [0.05, 0.1) is 17.8 Å². The number of amides is 3. The molecule has 30 heavy (non-hydrogen) atoms. The first kappa shape index (κ1) is 19.7. The van der Waals surface area contributed by atoms with Crippen molar-refractivity contribution in [2.45, 2.75) is 13.5 Å². The Bertz CT molecular complexity index is 1260. The second kappa shape index (κ2) is 7.64. The number of halogens is 2. The van der Waals surface area contributed by atoms with Crippen molar-refractivity contribution in [1.29, 1.82) is 0 Å². The third kappa shape index (κ3) is 3.65. The molecule has 1 aromatic heterocycles. The molecule has 3 aromatic rings. The van der Waals surface area contributed by atoms with Gasteiger partial charge in [-0.3, -0.25) is 19.6 Å². The molecular weight excluding hydrogens is 411 g/mol. The van der Waals surface area contributed by atoms with Gasteiger partial charge >= 0.3 is 6.03 Å². The van der Waals surface area contributed by atoms with E-state index in [1.165, 1.54) is 29.0 Å². The highest BCUT2D eigenvalue weighted by Gasteiger charge is 2.34. The van der Waals surface area contributed by atoms with E-state index in [1.54, 1.807) is 37.3 Å². The number of aryl methyl sites for hydroxylation is 1. The molecule has 9 heteroatoms. The van der Waals surface area contributed by atoms with Gasteiger partial charge in [0, 0.05) is 10.7 Å². The molecule has 7 nitrogen and oxygen atoms in total. The summed E-state index contributed by atoms with van der Waals surface area (Å²) in [6.45, 7) is 1.60. The summed E-state index contributed by atoms with van der Waals surface area (Å²) in [6, 6.07) is 11.7. The Kier molecular flexibility index (Phi) is 5.01. The van der Waals surface area contributed by atoms with Crippen molar-refractivity contribution in [3.8, 4) is 5.69 Å². The Morgan fingerprint density at radius 2 is 1.87 bits per heavy atom. The molecule has 1 aliphatic heterocycles. The Labute approximate surface area is 175 Å². The lowest BCUT2D eigenvalue weighted by molar-refractivity contribution is -0.123. The molecule has 2 N–H and O–H groups in total. The number of nitrogens with one attached hydrogen (secondary N) is 2. The van der Waals surface area contributed by atoms with Gasteiger partial charge in [-0.1, -0.05) is 29.8 Å². The van der Waals surface area contributed by atoms with Crippen LogP contribution < -0.4 is 10.9 Å². The number of hydrogen-bond donors (Lipinski definition) is 2. The summed E-state index contributed by atoms with van der Waals surface area (Å²) in [5.74, 6) is -1.06. The van der Waals surface area contributed by atoms with Gasteiger partial charge in [0.1, 0.15) is 11.5 Å². The normalized spacial score (nSPS) is 15.2. The maximum atomic E-state index is 13.4. The summed E-state index contributed by atoms with van der Waals surface area (Å²) in [4.78, 5) is 38.8. The van der Waals surface area contributed by atoms with Gasteiger partial charge in [0.25, 0.3) is 11.5 Å². The third-order valence-electron chi connectivity index (χ3n) is 4.66. The molecule has 3 amide bonds. The van der Waals surface area contributed by atoms with Crippen LogP contribution >= 0.6 is 11.6 Å². The van der Waals surface area contributed by atoms with Crippen LogP contribution in [-0.2, 0) is 11.3 Å². The average molecular weight is 427 g/mol. The third-order valence-corrected chi connectivity index (χ3v) is 4.90. The van der Waals surface area contributed by atoms with Crippen LogP contribution in [-0.4, -0.2) is 26.6 Å². The molecule has 0 atom stereocenters. The minimum atomic E-state index is -0.640. The Morgan fingerprint density at radius 3 is 2.60 bits per heavy atom. The predicted molar refractivity (Wildman–Crippen MR) is 110 cm³/mol. The zero-order valence-corrected chi connectivity index (χ0v) is 16.5. The zero-order chi connectivity index (χ0) is 21.4. The SMILES string of the molecule is Cc1[nH]n(-c2cccc(Cl)c2)c(=O)c1/C=C1\NC(=O)N(Cc2cccc(F)c2)C1=O. The lowest BCUT2D eigenvalue weighted by Crippen LogP contribution is -2.30. The molecule has 2 aromatic carbocycles. The fourth-order valence-electron chi connectivity index (χ4n) is 3.20. The van der Waals surface area contributed by atoms with Gasteiger partial charge in [-0.25, -0.2) is 13.9 Å². The van der Waals surface area contributed by atoms with Gasteiger partial charge in [0.15, 0.2) is 0 Å². The van der Waals surface area contributed by atoms with Crippen molar-refractivity contribution in [1.82, 2.24) is 20.0 Å². The van der Waals surface area contributed by atoms with E-state index in [2.05, 4.69) is 10.4 Å². The van der Waals surface area contributed by atoms with Crippen molar-refractivity contribution in [3.05, 3.63) is 92.2 Å². The number of nitrogens with zero attached hydrogens (tertiary/aromatic N) is 2. The fourth-order valence-corrected chi connectivity index (χ4v) is 3.39. The van der Waals surface area contributed by atoms with E-state index in [-0.39, 0.29) is 17.8 Å². The summed E-state index contributed by atoms with van der Waals surface area (Å²) in [7, 11) is 0. The van der Waals surface area contributed by atoms with Crippen LogP contribution in [0.15, 0.2) is 59.0 Å². The summed E-state index contributed by atoms with van der Waals surface area (Å²) in [5, 5.41) is 5.88. The monoisotopic (exact) mass is 426 g/mol. The van der Waals surface area contributed by atoms with Gasteiger partial charge in [-0.05, 0) is 48.9 Å². The molecule has 152 valence electrons. The van der Waals surface area contributed by atoms with Crippen molar-refractivity contribution in [2.75, 3.05) is 0 Å². The zero-order valence-electron chi connectivity index (χ0n) is 15.8. The van der Waals surface area contributed by atoms with E-state index in [1.807, 2.05) is 0 Å². The number of carbonyl (C=O) groups excluding carboxylic acids is 2. The second-order valence-corrected chi connectivity index (χ2v) is 7.22. The van der Waals surface area contributed by atoms with Crippen LogP contribution in [0, 0.1) is 12.7 Å². The molecule has 0 unspecified atom stereocenters. The quantitative estimate of drug-likeness (QED) is 0.495. The maximum absolute atomic E-state index is 13.4. The van der Waals surface area contributed by atoms with E-state index in [0.717, 1.165) is 4.90 Å². The Balaban J connectivity index is 1.65. The lowest BCUT2D eigenvalue weighted by atomic mass is 10.2. The van der Waals surface area contributed by atoms with Crippen LogP contribution in [0.2, 0.25) is 5.02 Å². The first-order valence-electron chi connectivity index (χ1n) is 9.00. The molecule has 0 radical (unpaired) electrons. The van der Waals surface area contributed by atoms with Gasteiger partial charge in [-0.15, -0.1) is 0 Å². The second-order valence-electron chi connectivity index (χ2n) is 6.78. The highest BCUT2D eigenvalue weighted by molar-refractivity contribution is 6.30. The number of urea groups is 1. The minimum absolute atomic E-state index is 0.0335. The summed E-state index contributed by atoms with van der Waals surface area (Å²) < 4.78 is 14.7. The molecule has 1 saturated heterocycles. The fraction of sp³-hybridized carbons (Fsp3) is 0.0952. The van der Waals surface area contributed by atoms with Crippen molar-refractivity contribution >= 4 is 29.6 Å². The minimum Gasteiger partial charge on any atom is -0.303 e. The van der Waals surface area contributed by atoms with Crippen LogP contribution in [0.1, 0.15) is 16.8 Å². The lowest BCUT2D eigenvalue weighted by Gasteiger charge is -2.11. The first-order chi connectivity index (χ1) is 14.3. The highest BCUT2D eigenvalue weighted by Crippen LogP contribution is 2.19. The van der Waals surface area contributed by atoms with Gasteiger partial charge in [0.2, 0.25) is 0 Å². The van der Waals surface area contributed by atoms with Gasteiger partial charge in [-0.2, -0.15) is 0 Å². The van der Waals surface area contributed by atoms with Crippen LogP contribution in [0.25, 0.3) is 11.8 Å². The number of imide groups is 1. The van der Waals surface area contributed by atoms with Crippen LogP contribution in [0.5, 0.6) is 0 Å². The summed E-state index contributed by atoms with van der Waals surface area (Å²) in [6.07, 6.45) is 1.33. The topological polar surface area (TPSA) is 87.2 Å². The van der Waals surface area contributed by atoms with Crippen LogP contribution in [0.4, 0.5) is 9.18 Å².